The van der Waals surface area contributed by atoms with Gasteiger partial charge in [0.1, 0.15) is 36.6 Å². The standard InChI is InChI=1S/C49H90NO12P/c1-3-5-7-9-11-13-14-15-16-17-18-19-20-21-22-23-24-25-26-27-28-29-30-32-34-36-40(51)38-43(53)50-41(42(52)37-35-33-31-12-10-8-6-4-2)39-61-63(59,60)62-49-47(57)45(55)44(54)46(56)48(49)58/h10,12,18-19,21-22,35,37,40-42,44-49,51-52,54-58H,3-9,11,13-17,20,23-34,36,38-39H2,1-2H3,(H,50,53)(H,59,60)/b12-10+,19-18-,22-21-,37-35+. The van der Waals surface area contributed by atoms with E-state index in [0.29, 0.717) is 12.8 Å². The van der Waals surface area contributed by atoms with E-state index in [9.17, 15) is 50.0 Å². The number of carbonyl (C=O) groups is 1. The average molecular weight is 916 g/mol. The summed E-state index contributed by atoms with van der Waals surface area (Å²) >= 11 is 0. The van der Waals surface area contributed by atoms with Crippen molar-refractivity contribution in [1.82, 2.24) is 5.32 Å². The Morgan fingerprint density at radius 3 is 1.54 bits per heavy atom. The fourth-order valence-corrected chi connectivity index (χ4v) is 8.53. The molecule has 0 spiro atoms. The Balaban J connectivity index is 2.34. The van der Waals surface area contributed by atoms with E-state index in [0.717, 1.165) is 64.2 Å². The summed E-state index contributed by atoms with van der Waals surface area (Å²) in [4.78, 5) is 23.4. The van der Waals surface area contributed by atoms with Crippen LogP contribution < -0.4 is 5.32 Å². The molecule has 1 fully saturated rings. The van der Waals surface area contributed by atoms with Crippen molar-refractivity contribution in [3.05, 3.63) is 48.6 Å². The summed E-state index contributed by atoms with van der Waals surface area (Å²) in [6.45, 7) is 3.63. The zero-order chi connectivity index (χ0) is 46.6. The number of carbonyl (C=O) groups excluding carboxylic acids is 1. The van der Waals surface area contributed by atoms with Crippen LogP contribution in [0.5, 0.6) is 0 Å². The zero-order valence-electron chi connectivity index (χ0n) is 39.0. The lowest BCUT2D eigenvalue weighted by Gasteiger charge is -2.41. The second-order valence-corrected chi connectivity index (χ2v) is 18.9. The third-order valence-electron chi connectivity index (χ3n) is 11.6. The fourth-order valence-electron chi connectivity index (χ4n) is 7.57. The number of phosphoric ester groups is 1. The Hall–Kier alpha value is -1.74. The lowest BCUT2D eigenvalue weighted by molar-refractivity contribution is -0.220. The van der Waals surface area contributed by atoms with Gasteiger partial charge < -0.3 is 46.0 Å². The Bertz CT molecular complexity index is 1260. The molecule has 8 unspecified atom stereocenters. The van der Waals surface area contributed by atoms with Gasteiger partial charge in [0, 0.05) is 0 Å². The predicted molar refractivity (Wildman–Crippen MR) is 252 cm³/mol. The summed E-state index contributed by atoms with van der Waals surface area (Å²) in [5, 5.41) is 74.2. The van der Waals surface area contributed by atoms with Crippen molar-refractivity contribution in [3.63, 3.8) is 0 Å². The highest BCUT2D eigenvalue weighted by Gasteiger charge is 2.51. The van der Waals surface area contributed by atoms with E-state index in [1.54, 1.807) is 6.08 Å². The number of hydrogen-bond donors (Lipinski definition) is 9. The summed E-state index contributed by atoms with van der Waals surface area (Å²) in [6, 6.07) is -1.26. The van der Waals surface area contributed by atoms with Gasteiger partial charge in [0.15, 0.2) is 0 Å². The maximum atomic E-state index is 13.0. The van der Waals surface area contributed by atoms with E-state index in [1.165, 1.54) is 102 Å². The first kappa shape index (κ1) is 59.3. The molecule has 13 nitrogen and oxygen atoms in total. The zero-order valence-corrected chi connectivity index (χ0v) is 39.9. The lowest BCUT2D eigenvalue weighted by atomic mass is 9.85. The van der Waals surface area contributed by atoms with Crippen LogP contribution in [0, 0.1) is 0 Å². The summed E-state index contributed by atoms with van der Waals surface area (Å²) in [5.41, 5.74) is 0. The largest absolute Gasteiger partial charge is 0.472 e. The fraction of sp³-hybridized carbons (Fsp3) is 0.816. The number of amides is 1. The molecule has 0 aromatic carbocycles. The Morgan fingerprint density at radius 1 is 0.571 bits per heavy atom. The molecule has 1 rings (SSSR count). The molecule has 14 heteroatoms. The van der Waals surface area contributed by atoms with Gasteiger partial charge in [-0.15, -0.1) is 0 Å². The minimum atomic E-state index is -5.14. The molecule has 0 radical (unpaired) electrons. The van der Waals surface area contributed by atoms with Crippen molar-refractivity contribution in [2.75, 3.05) is 6.61 Å². The van der Waals surface area contributed by atoms with Crippen LogP contribution in [0.2, 0.25) is 0 Å². The molecular formula is C49H90NO12P. The highest BCUT2D eigenvalue weighted by atomic mass is 31.2. The Kier molecular flexibility index (Phi) is 36.1. The maximum absolute atomic E-state index is 13.0. The molecule has 0 aromatic heterocycles. The van der Waals surface area contributed by atoms with Crippen LogP contribution in [0.4, 0.5) is 0 Å². The van der Waals surface area contributed by atoms with Crippen molar-refractivity contribution in [3.8, 4) is 0 Å². The molecule has 1 aliphatic rings. The van der Waals surface area contributed by atoms with Gasteiger partial charge in [-0.05, 0) is 57.8 Å². The number of rotatable bonds is 40. The number of allylic oxidation sites excluding steroid dienone is 7. The lowest BCUT2D eigenvalue weighted by Crippen LogP contribution is -2.64. The van der Waals surface area contributed by atoms with Gasteiger partial charge in [0.25, 0.3) is 0 Å². The van der Waals surface area contributed by atoms with Crippen molar-refractivity contribution in [2.45, 2.75) is 249 Å². The number of aliphatic hydroxyl groups excluding tert-OH is 7. The molecule has 1 amide bonds. The molecule has 0 saturated heterocycles. The van der Waals surface area contributed by atoms with Gasteiger partial charge in [-0.25, -0.2) is 4.57 Å². The molecule has 63 heavy (non-hydrogen) atoms. The van der Waals surface area contributed by atoms with Crippen molar-refractivity contribution in [2.24, 2.45) is 0 Å². The van der Waals surface area contributed by atoms with Crippen molar-refractivity contribution >= 4 is 13.7 Å². The van der Waals surface area contributed by atoms with Crippen LogP contribution in [0.1, 0.15) is 194 Å². The van der Waals surface area contributed by atoms with Gasteiger partial charge >= 0.3 is 7.82 Å². The highest BCUT2D eigenvalue weighted by molar-refractivity contribution is 7.47. The molecule has 1 aliphatic carbocycles. The van der Waals surface area contributed by atoms with Gasteiger partial charge in [0.2, 0.25) is 5.91 Å². The average Bonchev–Trinajstić information content (AvgIpc) is 3.26. The van der Waals surface area contributed by atoms with Crippen LogP contribution in [0.25, 0.3) is 0 Å². The third-order valence-corrected chi connectivity index (χ3v) is 12.6. The Labute approximate surface area is 380 Å². The molecule has 0 bridgehead atoms. The summed E-state index contributed by atoms with van der Waals surface area (Å²) < 4.78 is 22.8. The van der Waals surface area contributed by atoms with Gasteiger partial charge in [0.05, 0.1) is 31.3 Å². The van der Waals surface area contributed by atoms with Crippen molar-refractivity contribution in [1.29, 1.82) is 0 Å². The van der Waals surface area contributed by atoms with Crippen LogP contribution in [0.15, 0.2) is 48.6 Å². The van der Waals surface area contributed by atoms with Gasteiger partial charge in [-0.3, -0.25) is 13.8 Å². The number of hydrogen-bond acceptors (Lipinski definition) is 11. The number of aliphatic hydroxyl groups is 7. The third kappa shape index (κ3) is 30.2. The van der Waals surface area contributed by atoms with Crippen LogP contribution in [0.3, 0.4) is 0 Å². The number of nitrogens with one attached hydrogen (secondary N) is 1. The van der Waals surface area contributed by atoms with Crippen LogP contribution in [-0.2, 0) is 18.4 Å². The van der Waals surface area contributed by atoms with Gasteiger partial charge in [-0.1, -0.05) is 178 Å². The quantitative estimate of drug-likeness (QED) is 0.0160. The smallest absolute Gasteiger partial charge is 0.393 e. The molecular weight excluding hydrogens is 826 g/mol. The first-order valence-corrected chi connectivity index (χ1v) is 26.2. The minimum absolute atomic E-state index is 0.257. The molecule has 8 atom stereocenters. The van der Waals surface area contributed by atoms with E-state index in [1.807, 2.05) is 6.08 Å². The summed E-state index contributed by atoms with van der Waals surface area (Å²) in [7, 11) is -5.14. The predicted octanol–water partition coefficient (Wildman–Crippen LogP) is 8.70. The van der Waals surface area contributed by atoms with E-state index in [-0.39, 0.29) is 6.42 Å². The first-order chi connectivity index (χ1) is 30.3. The number of unbranched alkanes of at least 4 members (excludes halogenated alkanes) is 21. The molecule has 9 N–H and O–H groups in total. The molecule has 0 aliphatic heterocycles. The second kappa shape index (κ2) is 38.4. The normalized spacial score (nSPS) is 23.3. The SMILES string of the molecule is CCCC/C=C/CC/C=C/C(O)C(COP(=O)(O)OC1C(O)C(O)C(O)C(O)C1O)NC(=O)CC(O)CCCCCCCCCCC/C=C\C/C=C\CCCCCCCCCCC. The van der Waals surface area contributed by atoms with Crippen LogP contribution >= 0.6 is 7.82 Å². The topological polar surface area (TPSA) is 226 Å². The van der Waals surface area contributed by atoms with Crippen molar-refractivity contribution < 1.29 is 59.0 Å². The monoisotopic (exact) mass is 916 g/mol. The molecule has 0 heterocycles. The number of phosphoric acid groups is 1. The van der Waals surface area contributed by atoms with Crippen LogP contribution in [-0.4, -0.2) is 108 Å². The van der Waals surface area contributed by atoms with E-state index in [2.05, 4.69) is 49.5 Å². The summed E-state index contributed by atoms with van der Waals surface area (Å²) in [6.07, 6.45) is 32.5. The Morgan fingerprint density at radius 2 is 1.00 bits per heavy atom. The highest BCUT2D eigenvalue weighted by Crippen LogP contribution is 2.47. The molecule has 0 aromatic rings. The minimum Gasteiger partial charge on any atom is -0.393 e. The van der Waals surface area contributed by atoms with E-state index in [4.69, 9.17) is 9.05 Å². The molecule has 1 saturated carbocycles. The van der Waals surface area contributed by atoms with E-state index >= 15 is 0 Å². The van der Waals surface area contributed by atoms with E-state index < -0.39 is 75.2 Å². The first-order valence-electron chi connectivity index (χ1n) is 24.7. The van der Waals surface area contributed by atoms with Gasteiger partial charge in [-0.2, -0.15) is 0 Å². The summed E-state index contributed by atoms with van der Waals surface area (Å²) in [5.74, 6) is -0.610. The molecule has 368 valence electrons. The second-order valence-electron chi connectivity index (χ2n) is 17.5. The maximum Gasteiger partial charge on any atom is 0.472 e.